The minimum absolute atomic E-state index is 0.0115. The van der Waals surface area contributed by atoms with Crippen molar-refractivity contribution >= 4 is 27.9 Å². The number of rotatable bonds is 7. The summed E-state index contributed by atoms with van der Waals surface area (Å²) in [6.07, 6.45) is 0.734. The van der Waals surface area contributed by atoms with E-state index >= 15 is 0 Å². The number of ether oxygens (including phenoxy) is 1. The fourth-order valence-corrected chi connectivity index (χ4v) is 3.54. The van der Waals surface area contributed by atoms with Gasteiger partial charge in [-0.1, -0.05) is 0 Å². The molecule has 0 spiro atoms. The van der Waals surface area contributed by atoms with Crippen LogP contribution in [0.1, 0.15) is 26.5 Å². The third kappa shape index (κ3) is 4.69. The van der Waals surface area contributed by atoms with Crippen LogP contribution >= 0.6 is 11.3 Å². The molecule has 0 aliphatic heterocycles. The van der Waals surface area contributed by atoms with E-state index in [9.17, 15) is 9.00 Å². The van der Waals surface area contributed by atoms with Crippen molar-refractivity contribution in [2.45, 2.75) is 20.3 Å². The van der Waals surface area contributed by atoms with Crippen LogP contribution in [0.15, 0.2) is 6.07 Å². The Morgan fingerprint density at radius 3 is 2.71 bits per heavy atom. The Morgan fingerprint density at radius 1 is 1.47 bits per heavy atom. The van der Waals surface area contributed by atoms with E-state index in [0.717, 1.165) is 21.7 Å². The molecule has 0 fully saturated rings. The van der Waals surface area contributed by atoms with E-state index in [-0.39, 0.29) is 11.5 Å². The molecule has 3 nitrogen and oxygen atoms in total. The molecule has 1 heterocycles. The van der Waals surface area contributed by atoms with E-state index in [0.29, 0.717) is 12.4 Å². The van der Waals surface area contributed by atoms with Gasteiger partial charge in [-0.15, -0.1) is 11.3 Å². The Hall–Kier alpha value is -0.520. The summed E-state index contributed by atoms with van der Waals surface area (Å²) < 4.78 is 16.5. The molecule has 0 aliphatic rings. The maximum Gasteiger partial charge on any atom is 0.176 e. The van der Waals surface area contributed by atoms with Gasteiger partial charge in [-0.05, 0) is 26.3 Å². The highest BCUT2D eigenvalue weighted by molar-refractivity contribution is 7.85. The summed E-state index contributed by atoms with van der Waals surface area (Å²) in [5.41, 5.74) is 0.729. The van der Waals surface area contributed by atoms with Crippen LogP contribution in [0.3, 0.4) is 0 Å². The summed E-state index contributed by atoms with van der Waals surface area (Å²) in [7, 11) is 0.541. The molecule has 1 aromatic heterocycles. The van der Waals surface area contributed by atoms with E-state index < -0.39 is 10.8 Å². The fourth-order valence-electron chi connectivity index (χ4n) is 1.57. The quantitative estimate of drug-likeness (QED) is 0.566. The minimum atomic E-state index is -1.08. The van der Waals surface area contributed by atoms with Crippen LogP contribution in [0.5, 0.6) is 0 Å². The predicted molar refractivity (Wildman–Crippen MR) is 72.5 cm³/mol. The molecule has 0 radical (unpaired) electrons. The summed E-state index contributed by atoms with van der Waals surface area (Å²) >= 11 is 1.61. The molecule has 1 unspecified atom stereocenters. The zero-order valence-electron chi connectivity index (χ0n) is 10.4. The van der Waals surface area contributed by atoms with Crippen molar-refractivity contribution in [2.24, 2.45) is 0 Å². The molecule has 0 N–H and O–H groups in total. The molecule has 96 valence electrons. The number of aryl methyl sites for hydroxylation is 2. The van der Waals surface area contributed by atoms with Gasteiger partial charge in [0, 0.05) is 45.6 Å². The van der Waals surface area contributed by atoms with Gasteiger partial charge in [0.25, 0.3) is 0 Å². The second kappa shape index (κ2) is 7.03. The van der Waals surface area contributed by atoms with Gasteiger partial charge in [0.2, 0.25) is 0 Å². The third-order valence-electron chi connectivity index (χ3n) is 2.35. The Morgan fingerprint density at radius 2 is 2.18 bits per heavy atom. The standard InChI is InChI=1S/C12H18O3S2/c1-9-7-11(10(2)16-9)12(13)8-17(14)6-4-5-15-3/h7H,4-6,8H2,1-3H3. The van der Waals surface area contributed by atoms with Crippen molar-refractivity contribution in [2.75, 3.05) is 25.2 Å². The molecular weight excluding hydrogens is 256 g/mol. The van der Waals surface area contributed by atoms with Crippen molar-refractivity contribution in [3.63, 3.8) is 0 Å². The second-order valence-corrected chi connectivity index (χ2v) is 6.92. The molecule has 0 aromatic carbocycles. The first kappa shape index (κ1) is 14.5. The van der Waals surface area contributed by atoms with E-state index in [1.807, 2.05) is 19.9 Å². The first-order valence-corrected chi connectivity index (χ1v) is 7.79. The van der Waals surface area contributed by atoms with Crippen LogP contribution in [-0.2, 0) is 15.5 Å². The second-order valence-electron chi connectivity index (χ2n) is 3.88. The molecule has 0 saturated heterocycles. The lowest BCUT2D eigenvalue weighted by Crippen LogP contribution is -2.14. The molecule has 1 aromatic rings. The number of carbonyl (C=O) groups is 1. The molecule has 0 aliphatic carbocycles. The van der Waals surface area contributed by atoms with Gasteiger partial charge in [-0.2, -0.15) is 0 Å². The van der Waals surface area contributed by atoms with Gasteiger partial charge < -0.3 is 4.74 Å². The highest BCUT2D eigenvalue weighted by Gasteiger charge is 2.14. The number of hydrogen-bond acceptors (Lipinski definition) is 4. The van der Waals surface area contributed by atoms with E-state index in [4.69, 9.17) is 4.74 Å². The summed E-state index contributed by atoms with van der Waals surface area (Å²) in [6, 6.07) is 1.88. The Kier molecular flexibility index (Phi) is 6.02. The van der Waals surface area contributed by atoms with Gasteiger partial charge in [-0.25, -0.2) is 0 Å². The monoisotopic (exact) mass is 274 g/mol. The maximum absolute atomic E-state index is 11.9. The van der Waals surface area contributed by atoms with Crippen LogP contribution < -0.4 is 0 Å². The average molecular weight is 274 g/mol. The van der Waals surface area contributed by atoms with Crippen LogP contribution in [0.25, 0.3) is 0 Å². The van der Waals surface area contributed by atoms with E-state index in [1.165, 1.54) is 0 Å². The zero-order valence-corrected chi connectivity index (χ0v) is 12.1. The molecular formula is C12H18O3S2. The molecule has 5 heteroatoms. The molecule has 0 amide bonds. The first-order chi connectivity index (χ1) is 8.04. The van der Waals surface area contributed by atoms with Crippen molar-refractivity contribution in [1.82, 2.24) is 0 Å². The van der Waals surface area contributed by atoms with E-state index in [2.05, 4.69) is 0 Å². The van der Waals surface area contributed by atoms with Crippen LogP contribution in [-0.4, -0.2) is 35.2 Å². The summed E-state index contributed by atoms with van der Waals surface area (Å²) in [4.78, 5) is 14.0. The lowest BCUT2D eigenvalue weighted by Gasteiger charge is -2.01. The number of Topliss-reactive ketones (excluding diaryl/α,β-unsaturated/α-hetero) is 1. The number of methoxy groups -OCH3 is 1. The maximum atomic E-state index is 11.9. The summed E-state index contributed by atoms with van der Waals surface area (Å²) in [6.45, 7) is 4.50. The van der Waals surface area contributed by atoms with Gasteiger partial charge in [0.1, 0.15) is 0 Å². The van der Waals surface area contributed by atoms with Crippen LogP contribution in [0, 0.1) is 13.8 Å². The largest absolute Gasteiger partial charge is 0.385 e. The van der Waals surface area contributed by atoms with Gasteiger partial charge in [-0.3, -0.25) is 9.00 Å². The summed E-state index contributed by atoms with van der Waals surface area (Å²) in [5.74, 6) is 0.644. The Bertz CT molecular complexity index is 410. The molecule has 1 rings (SSSR count). The van der Waals surface area contributed by atoms with Gasteiger partial charge >= 0.3 is 0 Å². The Balaban J connectivity index is 2.49. The fraction of sp³-hybridized carbons (Fsp3) is 0.583. The molecule has 17 heavy (non-hydrogen) atoms. The van der Waals surface area contributed by atoms with Crippen molar-refractivity contribution < 1.29 is 13.7 Å². The number of hydrogen-bond donors (Lipinski definition) is 0. The highest BCUT2D eigenvalue weighted by atomic mass is 32.2. The lowest BCUT2D eigenvalue weighted by atomic mass is 10.2. The van der Waals surface area contributed by atoms with Crippen LogP contribution in [0.2, 0.25) is 0 Å². The van der Waals surface area contributed by atoms with Crippen LogP contribution in [0.4, 0.5) is 0 Å². The molecule has 0 bridgehead atoms. The normalized spacial score (nSPS) is 12.6. The highest BCUT2D eigenvalue weighted by Crippen LogP contribution is 2.21. The van der Waals surface area contributed by atoms with E-state index in [1.54, 1.807) is 18.4 Å². The number of ketones is 1. The summed E-state index contributed by atoms with van der Waals surface area (Å²) in [5, 5.41) is 0. The van der Waals surface area contributed by atoms with Crippen molar-refractivity contribution in [3.8, 4) is 0 Å². The van der Waals surface area contributed by atoms with Crippen molar-refractivity contribution in [3.05, 3.63) is 21.4 Å². The zero-order chi connectivity index (χ0) is 12.8. The lowest BCUT2D eigenvalue weighted by molar-refractivity contribution is 0.102. The molecule has 1 atom stereocenters. The average Bonchev–Trinajstić information content (AvgIpc) is 2.58. The Labute approximate surface area is 109 Å². The van der Waals surface area contributed by atoms with Gasteiger partial charge in [0.15, 0.2) is 5.78 Å². The predicted octanol–water partition coefficient (Wildman–Crippen LogP) is 2.33. The van der Waals surface area contributed by atoms with Gasteiger partial charge in [0.05, 0.1) is 5.75 Å². The SMILES string of the molecule is COCCCS(=O)CC(=O)c1cc(C)sc1C. The number of thiophene rings is 1. The smallest absolute Gasteiger partial charge is 0.176 e. The van der Waals surface area contributed by atoms with Crippen molar-refractivity contribution in [1.29, 1.82) is 0 Å². The first-order valence-electron chi connectivity index (χ1n) is 5.48. The number of carbonyl (C=O) groups excluding carboxylic acids is 1. The minimum Gasteiger partial charge on any atom is -0.385 e. The topological polar surface area (TPSA) is 43.4 Å². The molecule has 0 saturated carbocycles. The third-order valence-corrected chi connectivity index (χ3v) is 4.65.